The predicted molar refractivity (Wildman–Crippen MR) is 109 cm³/mol. The Morgan fingerprint density at radius 3 is 2.21 bits per heavy atom. The van der Waals surface area contributed by atoms with Gasteiger partial charge in [0, 0.05) is 43.6 Å². The first-order valence-electron chi connectivity index (χ1n) is 9.40. The topological polar surface area (TPSA) is 58.4 Å². The number of amides is 1. The van der Waals surface area contributed by atoms with Gasteiger partial charge in [0.05, 0.1) is 11.9 Å². The van der Waals surface area contributed by atoms with E-state index in [4.69, 9.17) is 0 Å². The number of benzene rings is 2. The van der Waals surface area contributed by atoms with Crippen LogP contribution in [0.4, 0.5) is 5.69 Å². The first-order valence-corrected chi connectivity index (χ1v) is 9.40. The van der Waals surface area contributed by atoms with Gasteiger partial charge in [0.2, 0.25) is 5.91 Å². The summed E-state index contributed by atoms with van der Waals surface area (Å²) in [7, 11) is 0. The molecule has 142 valence electrons. The molecule has 2 heterocycles. The number of rotatable bonds is 4. The van der Waals surface area contributed by atoms with Crippen LogP contribution in [0.5, 0.6) is 0 Å². The summed E-state index contributed by atoms with van der Waals surface area (Å²) in [6.07, 6.45) is 2.94. The van der Waals surface area contributed by atoms with Crippen LogP contribution in [0.2, 0.25) is 0 Å². The van der Waals surface area contributed by atoms with E-state index < -0.39 is 0 Å². The Morgan fingerprint density at radius 2 is 1.54 bits per heavy atom. The number of hydrogen-bond donors (Lipinski definition) is 0. The van der Waals surface area contributed by atoms with Gasteiger partial charge in [-0.2, -0.15) is 0 Å². The van der Waals surface area contributed by atoms with E-state index in [-0.39, 0.29) is 18.0 Å². The number of aromatic nitrogens is 2. The van der Waals surface area contributed by atoms with Gasteiger partial charge in [-0.3, -0.25) is 9.59 Å². The molecule has 1 saturated heterocycles. The second kappa shape index (κ2) is 8.08. The Labute approximate surface area is 163 Å². The van der Waals surface area contributed by atoms with E-state index in [0.29, 0.717) is 18.8 Å². The summed E-state index contributed by atoms with van der Waals surface area (Å²) in [5.74, 6) is -0.0416. The average molecular weight is 374 g/mol. The lowest BCUT2D eigenvalue weighted by Gasteiger charge is -2.36. The van der Waals surface area contributed by atoms with Gasteiger partial charge >= 0.3 is 0 Å². The molecule has 4 rings (SSSR count). The maximum atomic E-state index is 12.7. The van der Waals surface area contributed by atoms with Crippen molar-refractivity contribution in [1.82, 2.24) is 14.5 Å². The van der Waals surface area contributed by atoms with Gasteiger partial charge < -0.3 is 14.4 Å². The Balaban J connectivity index is 1.42. The zero-order valence-corrected chi connectivity index (χ0v) is 15.6. The van der Waals surface area contributed by atoms with E-state index in [1.165, 1.54) is 16.5 Å². The Morgan fingerprint density at radius 1 is 0.893 bits per heavy atom. The molecule has 1 amide bonds. The summed E-state index contributed by atoms with van der Waals surface area (Å²) in [4.78, 5) is 33.2. The summed E-state index contributed by atoms with van der Waals surface area (Å²) in [6, 6.07) is 19.8. The fourth-order valence-electron chi connectivity index (χ4n) is 3.42. The molecule has 1 aliphatic heterocycles. The third kappa shape index (κ3) is 3.96. The van der Waals surface area contributed by atoms with Gasteiger partial charge in [-0.1, -0.05) is 48.5 Å². The molecular formula is C22H22N4O2. The third-order valence-electron chi connectivity index (χ3n) is 5.00. The quantitative estimate of drug-likeness (QED) is 0.703. The smallest absolute Gasteiger partial charge is 0.269 e. The third-order valence-corrected chi connectivity index (χ3v) is 5.00. The highest BCUT2D eigenvalue weighted by molar-refractivity contribution is 5.76. The van der Waals surface area contributed by atoms with Gasteiger partial charge in [0.25, 0.3) is 5.56 Å². The van der Waals surface area contributed by atoms with Gasteiger partial charge in [0.15, 0.2) is 0 Å². The largest absolute Gasteiger partial charge is 0.368 e. The molecule has 6 nitrogen and oxygen atoms in total. The lowest BCUT2D eigenvalue weighted by molar-refractivity contribution is -0.132. The second-order valence-electron chi connectivity index (χ2n) is 6.81. The van der Waals surface area contributed by atoms with Crippen LogP contribution in [-0.2, 0) is 11.3 Å². The number of nitrogens with zero attached hydrogens (tertiary/aromatic N) is 4. The summed E-state index contributed by atoms with van der Waals surface area (Å²) >= 11 is 0. The molecule has 1 aliphatic rings. The Kier molecular flexibility index (Phi) is 5.19. The SMILES string of the molecule is O=C(Cn1cc(-c2ccccc2)ncc1=O)N1CCN(c2ccccc2)CC1. The molecular weight excluding hydrogens is 352 g/mol. The van der Waals surface area contributed by atoms with Crippen molar-refractivity contribution in [2.75, 3.05) is 31.1 Å². The van der Waals surface area contributed by atoms with Crippen LogP contribution in [-0.4, -0.2) is 46.5 Å². The fraction of sp³-hybridized carbons (Fsp3) is 0.227. The normalized spacial score (nSPS) is 14.1. The molecule has 3 aromatic rings. The van der Waals surface area contributed by atoms with E-state index in [1.807, 2.05) is 53.4 Å². The molecule has 0 radical (unpaired) electrons. The van der Waals surface area contributed by atoms with Gasteiger partial charge in [-0.15, -0.1) is 0 Å². The molecule has 6 heteroatoms. The van der Waals surface area contributed by atoms with E-state index in [9.17, 15) is 9.59 Å². The van der Waals surface area contributed by atoms with Crippen molar-refractivity contribution in [2.24, 2.45) is 0 Å². The summed E-state index contributed by atoms with van der Waals surface area (Å²) in [6.45, 7) is 2.91. The van der Waals surface area contributed by atoms with Gasteiger partial charge in [-0.25, -0.2) is 4.98 Å². The first-order chi connectivity index (χ1) is 13.7. The number of carbonyl (C=O) groups is 1. The van der Waals surface area contributed by atoms with Crippen LogP contribution in [0.1, 0.15) is 0 Å². The van der Waals surface area contributed by atoms with Crippen LogP contribution >= 0.6 is 0 Å². The van der Waals surface area contributed by atoms with Gasteiger partial charge in [0.1, 0.15) is 6.54 Å². The van der Waals surface area contributed by atoms with E-state index in [0.717, 1.165) is 18.7 Å². The van der Waals surface area contributed by atoms with Crippen molar-refractivity contribution in [2.45, 2.75) is 6.54 Å². The molecule has 0 unspecified atom stereocenters. The van der Waals surface area contributed by atoms with Crippen molar-refractivity contribution in [1.29, 1.82) is 0 Å². The first kappa shape index (κ1) is 18.0. The minimum atomic E-state index is -0.268. The number of anilines is 1. The monoisotopic (exact) mass is 374 g/mol. The maximum absolute atomic E-state index is 12.7. The average Bonchev–Trinajstić information content (AvgIpc) is 2.76. The van der Waals surface area contributed by atoms with Crippen molar-refractivity contribution in [3.8, 4) is 11.3 Å². The number of para-hydroxylation sites is 1. The predicted octanol–water partition coefficient (Wildman–Crippen LogP) is 2.26. The van der Waals surface area contributed by atoms with E-state index in [1.54, 1.807) is 6.20 Å². The minimum Gasteiger partial charge on any atom is -0.368 e. The van der Waals surface area contributed by atoms with Crippen molar-refractivity contribution in [3.63, 3.8) is 0 Å². The van der Waals surface area contributed by atoms with Crippen molar-refractivity contribution in [3.05, 3.63) is 83.4 Å². The Hall–Kier alpha value is -3.41. The minimum absolute atomic E-state index is 0.0342. The molecule has 0 bridgehead atoms. The van der Waals surface area contributed by atoms with Crippen LogP contribution in [0.25, 0.3) is 11.3 Å². The molecule has 28 heavy (non-hydrogen) atoms. The molecule has 1 aromatic heterocycles. The number of piperazine rings is 1. The highest BCUT2D eigenvalue weighted by atomic mass is 16.2. The van der Waals surface area contributed by atoms with E-state index in [2.05, 4.69) is 22.0 Å². The van der Waals surface area contributed by atoms with Crippen LogP contribution in [0.3, 0.4) is 0 Å². The molecule has 1 fully saturated rings. The highest BCUT2D eigenvalue weighted by Gasteiger charge is 2.21. The van der Waals surface area contributed by atoms with Crippen molar-refractivity contribution < 1.29 is 4.79 Å². The van der Waals surface area contributed by atoms with Crippen LogP contribution < -0.4 is 10.5 Å². The standard InChI is InChI=1S/C22H22N4O2/c27-21-15-23-20(18-7-3-1-4-8-18)16-26(21)17-22(28)25-13-11-24(12-14-25)19-9-5-2-6-10-19/h1-10,15-16H,11-14,17H2. The molecule has 0 saturated carbocycles. The summed E-state index contributed by atoms with van der Waals surface area (Å²) < 4.78 is 1.45. The maximum Gasteiger partial charge on any atom is 0.269 e. The van der Waals surface area contributed by atoms with Gasteiger partial charge in [-0.05, 0) is 12.1 Å². The van der Waals surface area contributed by atoms with Crippen molar-refractivity contribution >= 4 is 11.6 Å². The number of hydrogen-bond acceptors (Lipinski definition) is 4. The van der Waals surface area contributed by atoms with E-state index >= 15 is 0 Å². The second-order valence-corrected chi connectivity index (χ2v) is 6.81. The molecule has 0 atom stereocenters. The molecule has 0 N–H and O–H groups in total. The molecule has 0 spiro atoms. The fourth-order valence-corrected chi connectivity index (χ4v) is 3.42. The molecule has 2 aromatic carbocycles. The Bertz CT molecular complexity index is 994. The number of carbonyl (C=O) groups excluding carboxylic acids is 1. The van der Waals surface area contributed by atoms with Crippen LogP contribution in [0.15, 0.2) is 77.9 Å². The zero-order valence-electron chi connectivity index (χ0n) is 15.6. The highest BCUT2D eigenvalue weighted by Crippen LogP contribution is 2.16. The lowest BCUT2D eigenvalue weighted by atomic mass is 10.2. The summed E-state index contributed by atoms with van der Waals surface area (Å²) in [5, 5.41) is 0. The van der Waals surface area contributed by atoms with Crippen LogP contribution in [0, 0.1) is 0 Å². The lowest BCUT2D eigenvalue weighted by Crippen LogP contribution is -2.50. The zero-order chi connectivity index (χ0) is 19.3. The molecule has 0 aliphatic carbocycles. The summed E-state index contributed by atoms with van der Waals surface area (Å²) in [5.41, 5.74) is 2.51.